The van der Waals surface area contributed by atoms with Crippen molar-refractivity contribution >= 4 is 28.7 Å². The van der Waals surface area contributed by atoms with Gasteiger partial charge in [-0.1, -0.05) is 54.1 Å². The van der Waals surface area contributed by atoms with Crippen LogP contribution in [-0.4, -0.2) is 11.6 Å². The van der Waals surface area contributed by atoms with Crippen molar-refractivity contribution < 1.29 is 4.79 Å². The van der Waals surface area contributed by atoms with Crippen molar-refractivity contribution in [2.24, 2.45) is 4.99 Å². The first kappa shape index (κ1) is 14.4. The Morgan fingerprint density at radius 3 is 2.21 bits per heavy atom. The average molecular weight is 312 g/mol. The van der Waals surface area contributed by atoms with Gasteiger partial charge in [-0.2, -0.15) is 0 Å². The second-order valence-electron chi connectivity index (χ2n) is 5.79. The lowest BCUT2D eigenvalue weighted by atomic mass is 10.1. The van der Waals surface area contributed by atoms with Crippen molar-refractivity contribution in [3.05, 3.63) is 90.0 Å². The maximum Gasteiger partial charge on any atom is 0.282 e. The first-order valence-electron chi connectivity index (χ1n) is 7.88. The summed E-state index contributed by atoms with van der Waals surface area (Å²) in [6.45, 7) is 2.03. The number of hydrogen-bond acceptors (Lipinski definition) is 2. The van der Waals surface area contributed by atoms with E-state index in [2.05, 4.69) is 4.99 Å². The molecule has 1 amide bonds. The van der Waals surface area contributed by atoms with Gasteiger partial charge in [0, 0.05) is 11.3 Å². The lowest BCUT2D eigenvalue weighted by Crippen LogP contribution is -2.25. The van der Waals surface area contributed by atoms with E-state index in [4.69, 9.17) is 0 Å². The first-order chi connectivity index (χ1) is 11.7. The molecule has 24 heavy (non-hydrogen) atoms. The fourth-order valence-electron chi connectivity index (χ4n) is 2.89. The number of benzene rings is 3. The van der Waals surface area contributed by atoms with E-state index in [0.29, 0.717) is 5.71 Å². The van der Waals surface area contributed by atoms with Crippen LogP contribution in [0.3, 0.4) is 0 Å². The highest BCUT2D eigenvalue weighted by Gasteiger charge is 2.34. The standard InChI is InChI=1S/C21H16N2O/c1-15-11-13-16(14-12-15)22-20-18-9-5-6-10-19(18)23(21(20)24)17-7-3-2-4-8-17/h2-14H,1H3. The average Bonchev–Trinajstić information content (AvgIpc) is 2.90. The number of para-hydroxylation sites is 2. The Kier molecular flexibility index (Phi) is 3.47. The maximum atomic E-state index is 13.0. The van der Waals surface area contributed by atoms with Crippen molar-refractivity contribution in [2.75, 3.05) is 4.90 Å². The van der Waals surface area contributed by atoms with Gasteiger partial charge in [-0.15, -0.1) is 0 Å². The largest absolute Gasteiger partial charge is 0.282 e. The van der Waals surface area contributed by atoms with Gasteiger partial charge in [-0.25, -0.2) is 4.99 Å². The number of hydrogen-bond donors (Lipinski definition) is 0. The Labute approximate surface area is 140 Å². The molecule has 116 valence electrons. The van der Waals surface area contributed by atoms with Gasteiger partial charge < -0.3 is 0 Å². The van der Waals surface area contributed by atoms with E-state index in [1.165, 1.54) is 5.56 Å². The summed E-state index contributed by atoms with van der Waals surface area (Å²) < 4.78 is 0. The van der Waals surface area contributed by atoms with E-state index >= 15 is 0 Å². The molecule has 0 spiro atoms. The van der Waals surface area contributed by atoms with E-state index < -0.39 is 0 Å². The molecule has 0 saturated carbocycles. The minimum Gasteiger partial charge on any atom is -0.275 e. The zero-order valence-electron chi connectivity index (χ0n) is 13.3. The molecule has 0 aliphatic carbocycles. The van der Waals surface area contributed by atoms with Crippen LogP contribution in [0, 0.1) is 6.92 Å². The van der Waals surface area contributed by atoms with Crippen LogP contribution in [0.1, 0.15) is 11.1 Å². The van der Waals surface area contributed by atoms with Gasteiger partial charge in [-0.05, 0) is 37.3 Å². The molecule has 4 rings (SSSR count). The summed E-state index contributed by atoms with van der Waals surface area (Å²) in [4.78, 5) is 19.4. The molecule has 0 unspecified atom stereocenters. The maximum absolute atomic E-state index is 13.0. The number of carbonyl (C=O) groups excluding carboxylic acids is 1. The van der Waals surface area contributed by atoms with E-state index in [1.807, 2.05) is 85.8 Å². The minimum atomic E-state index is -0.0945. The van der Waals surface area contributed by atoms with Crippen molar-refractivity contribution in [3.8, 4) is 0 Å². The molecular weight excluding hydrogens is 296 g/mol. The van der Waals surface area contributed by atoms with E-state index in [0.717, 1.165) is 22.6 Å². The SMILES string of the molecule is Cc1ccc(N=C2C(=O)N(c3ccccc3)c3ccccc32)cc1. The summed E-state index contributed by atoms with van der Waals surface area (Å²) in [6.07, 6.45) is 0. The molecule has 0 aromatic heterocycles. The highest BCUT2D eigenvalue weighted by atomic mass is 16.2. The van der Waals surface area contributed by atoms with Crippen LogP contribution in [0.25, 0.3) is 0 Å². The second-order valence-corrected chi connectivity index (χ2v) is 5.79. The first-order valence-corrected chi connectivity index (χ1v) is 7.88. The third-order valence-corrected chi connectivity index (χ3v) is 4.10. The molecule has 0 atom stereocenters. The molecule has 1 heterocycles. The van der Waals surface area contributed by atoms with Crippen molar-refractivity contribution in [3.63, 3.8) is 0 Å². The molecule has 1 aliphatic rings. The van der Waals surface area contributed by atoms with Gasteiger partial charge in [0.05, 0.1) is 11.4 Å². The molecule has 0 radical (unpaired) electrons. The molecule has 3 nitrogen and oxygen atoms in total. The lowest BCUT2D eigenvalue weighted by Gasteiger charge is -2.16. The van der Waals surface area contributed by atoms with Crippen molar-refractivity contribution in [1.82, 2.24) is 0 Å². The Morgan fingerprint density at radius 2 is 1.46 bits per heavy atom. The fourth-order valence-corrected chi connectivity index (χ4v) is 2.89. The van der Waals surface area contributed by atoms with Crippen LogP contribution >= 0.6 is 0 Å². The van der Waals surface area contributed by atoms with Gasteiger partial charge in [0.25, 0.3) is 5.91 Å². The Balaban J connectivity index is 1.85. The van der Waals surface area contributed by atoms with Gasteiger partial charge in [0.2, 0.25) is 0 Å². The summed E-state index contributed by atoms with van der Waals surface area (Å²) in [5, 5.41) is 0. The smallest absolute Gasteiger partial charge is 0.275 e. The third-order valence-electron chi connectivity index (χ3n) is 4.10. The zero-order chi connectivity index (χ0) is 16.5. The molecule has 3 aromatic rings. The number of anilines is 2. The number of amides is 1. The summed E-state index contributed by atoms with van der Waals surface area (Å²) in [7, 11) is 0. The Morgan fingerprint density at radius 1 is 0.792 bits per heavy atom. The highest BCUT2D eigenvalue weighted by molar-refractivity contribution is 6.56. The number of aliphatic imine (C=N–C) groups is 1. The van der Waals surface area contributed by atoms with Crippen molar-refractivity contribution in [2.45, 2.75) is 6.92 Å². The molecule has 1 aliphatic heterocycles. The van der Waals surface area contributed by atoms with Crippen LogP contribution < -0.4 is 4.90 Å². The Bertz CT molecular complexity index is 928. The molecule has 0 saturated heterocycles. The second kappa shape index (κ2) is 5.78. The summed E-state index contributed by atoms with van der Waals surface area (Å²) in [5.41, 5.74) is 5.03. The molecule has 3 heteroatoms. The molecule has 0 bridgehead atoms. The zero-order valence-corrected chi connectivity index (χ0v) is 13.3. The molecule has 0 N–H and O–H groups in total. The summed E-state index contributed by atoms with van der Waals surface area (Å²) in [5.74, 6) is -0.0945. The lowest BCUT2D eigenvalue weighted by molar-refractivity contribution is -0.111. The Hall–Kier alpha value is -3.20. The minimum absolute atomic E-state index is 0.0945. The summed E-state index contributed by atoms with van der Waals surface area (Å²) in [6, 6.07) is 25.3. The third kappa shape index (κ3) is 2.40. The van der Waals surface area contributed by atoms with Gasteiger partial charge in [0.15, 0.2) is 0 Å². The van der Waals surface area contributed by atoms with Crippen LogP contribution in [-0.2, 0) is 4.79 Å². The topological polar surface area (TPSA) is 32.7 Å². The van der Waals surface area contributed by atoms with Gasteiger partial charge >= 0.3 is 0 Å². The quantitative estimate of drug-likeness (QED) is 0.669. The van der Waals surface area contributed by atoms with E-state index in [9.17, 15) is 4.79 Å². The number of fused-ring (bicyclic) bond motifs is 1. The van der Waals surface area contributed by atoms with Crippen LogP contribution in [0.2, 0.25) is 0 Å². The normalized spacial score (nSPS) is 15.0. The van der Waals surface area contributed by atoms with Gasteiger partial charge in [-0.3, -0.25) is 9.69 Å². The monoisotopic (exact) mass is 312 g/mol. The van der Waals surface area contributed by atoms with Crippen molar-refractivity contribution in [1.29, 1.82) is 0 Å². The highest BCUT2D eigenvalue weighted by Crippen LogP contribution is 2.36. The predicted molar refractivity (Wildman–Crippen MR) is 97.4 cm³/mol. The molecule has 0 fully saturated rings. The molecular formula is C21H16N2O. The number of rotatable bonds is 2. The number of nitrogens with zero attached hydrogens (tertiary/aromatic N) is 2. The number of aryl methyl sites for hydroxylation is 1. The molecule has 3 aromatic carbocycles. The van der Waals surface area contributed by atoms with Crippen LogP contribution in [0.5, 0.6) is 0 Å². The van der Waals surface area contributed by atoms with E-state index in [-0.39, 0.29) is 5.91 Å². The van der Waals surface area contributed by atoms with Crippen LogP contribution in [0.4, 0.5) is 17.1 Å². The van der Waals surface area contributed by atoms with Gasteiger partial charge in [0.1, 0.15) is 5.71 Å². The predicted octanol–water partition coefficient (Wildman–Crippen LogP) is 4.79. The summed E-state index contributed by atoms with van der Waals surface area (Å²) >= 11 is 0. The van der Waals surface area contributed by atoms with Crippen LogP contribution in [0.15, 0.2) is 83.9 Å². The fraction of sp³-hybridized carbons (Fsp3) is 0.0476. The van der Waals surface area contributed by atoms with E-state index in [1.54, 1.807) is 4.90 Å². The number of carbonyl (C=O) groups is 1.